The Morgan fingerprint density at radius 3 is 2.33 bits per heavy atom. The topological polar surface area (TPSA) is 83.8 Å². The van der Waals surface area contributed by atoms with E-state index in [1.54, 1.807) is 18.3 Å². The highest BCUT2D eigenvalue weighted by atomic mass is 79.9. The zero-order chi connectivity index (χ0) is 28.9. The molecular weight excluding hydrogens is 588 g/mol. The lowest BCUT2D eigenvalue weighted by molar-refractivity contribution is -0.121. The molecular formula is C31H33BrN4O3S. The molecule has 0 radical (unpaired) electrons. The third-order valence-electron chi connectivity index (χ3n) is 6.88. The predicted octanol–water partition coefficient (Wildman–Crippen LogP) is 5.86. The van der Waals surface area contributed by atoms with Gasteiger partial charge in [-0.25, -0.2) is 13.8 Å². The van der Waals surface area contributed by atoms with Crippen molar-refractivity contribution >= 4 is 38.1 Å². The lowest BCUT2D eigenvalue weighted by Gasteiger charge is -2.21. The zero-order valence-electron chi connectivity index (χ0n) is 23.1. The van der Waals surface area contributed by atoms with Gasteiger partial charge in [-0.05, 0) is 93.3 Å². The molecule has 0 aliphatic carbocycles. The molecule has 4 aromatic rings. The monoisotopic (exact) mass is 620 g/mol. The summed E-state index contributed by atoms with van der Waals surface area (Å²) >= 11 is 3.34. The van der Waals surface area contributed by atoms with Gasteiger partial charge in [-0.3, -0.25) is 4.79 Å². The summed E-state index contributed by atoms with van der Waals surface area (Å²) < 4.78 is 31.0. The summed E-state index contributed by atoms with van der Waals surface area (Å²) in [5.74, 6) is -0.520. The minimum Gasteiger partial charge on any atom is -0.318 e. The number of hydrazone groups is 1. The molecule has 0 atom stereocenters. The maximum Gasteiger partial charge on any atom is 0.255 e. The number of nitrogens with one attached hydrogen (secondary N) is 1. The number of amides is 1. The smallest absolute Gasteiger partial charge is 0.255 e. The number of aromatic nitrogens is 1. The van der Waals surface area contributed by atoms with Crippen molar-refractivity contribution in [3.05, 3.63) is 117 Å². The van der Waals surface area contributed by atoms with Gasteiger partial charge in [0.2, 0.25) is 10.0 Å². The van der Waals surface area contributed by atoms with E-state index in [0.717, 1.165) is 32.7 Å². The molecule has 0 saturated heterocycles. The first-order chi connectivity index (χ1) is 19.1. The van der Waals surface area contributed by atoms with Crippen molar-refractivity contribution in [2.75, 3.05) is 13.1 Å². The zero-order valence-corrected chi connectivity index (χ0v) is 25.5. The molecule has 1 aromatic heterocycles. The van der Waals surface area contributed by atoms with Gasteiger partial charge in [0, 0.05) is 33.7 Å². The number of carbonyl (C=O) groups excluding carboxylic acids is 1. The number of carbonyl (C=O) groups is 1. The molecule has 7 nitrogen and oxygen atoms in total. The number of hydrogen-bond acceptors (Lipinski definition) is 4. The van der Waals surface area contributed by atoms with E-state index in [1.807, 2.05) is 50.2 Å². The summed E-state index contributed by atoms with van der Waals surface area (Å²) in [5.41, 5.74) is 9.89. The highest BCUT2D eigenvalue weighted by Gasteiger charge is 2.26. The second-order valence-corrected chi connectivity index (χ2v) is 12.6. The molecule has 0 spiro atoms. The number of halogens is 1. The Hall–Kier alpha value is -3.53. The van der Waals surface area contributed by atoms with Crippen LogP contribution in [0.2, 0.25) is 0 Å². The van der Waals surface area contributed by atoms with E-state index in [0.29, 0.717) is 6.42 Å². The minimum absolute atomic E-state index is 0.124. The second-order valence-electron chi connectivity index (χ2n) is 9.75. The van der Waals surface area contributed by atoms with E-state index in [9.17, 15) is 13.2 Å². The van der Waals surface area contributed by atoms with Crippen molar-refractivity contribution in [2.45, 2.75) is 39.0 Å². The van der Waals surface area contributed by atoms with Crippen molar-refractivity contribution in [2.24, 2.45) is 5.10 Å². The van der Waals surface area contributed by atoms with Crippen molar-refractivity contribution in [1.82, 2.24) is 14.3 Å². The Balaban J connectivity index is 1.49. The van der Waals surface area contributed by atoms with E-state index in [-0.39, 0.29) is 18.0 Å². The van der Waals surface area contributed by atoms with Crippen molar-refractivity contribution < 1.29 is 13.2 Å². The average Bonchev–Trinajstić information content (AvgIpc) is 3.21. The highest BCUT2D eigenvalue weighted by molar-refractivity contribution is 9.10. The van der Waals surface area contributed by atoms with E-state index in [1.165, 1.54) is 27.6 Å². The molecule has 0 aliphatic heterocycles. The molecule has 0 fully saturated rings. The van der Waals surface area contributed by atoms with Crippen LogP contribution < -0.4 is 5.43 Å². The first kappa shape index (κ1) is 29.5. The fraction of sp³-hybridized carbons (Fsp3) is 0.226. The van der Waals surface area contributed by atoms with E-state index in [2.05, 4.69) is 63.1 Å². The van der Waals surface area contributed by atoms with Gasteiger partial charge >= 0.3 is 0 Å². The van der Waals surface area contributed by atoms with Gasteiger partial charge in [0.15, 0.2) is 0 Å². The third-order valence-corrected chi connectivity index (χ3v) is 9.26. The lowest BCUT2D eigenvalue weighted by Crippen LogP contribution is -2.40. The van der Waals surface area contributed by atoms with E-state index in [4.69, 9.17) is 0 Å². The summed E-state index contributed by atoms with van der Waals surface area (Å²) in [4.78, 5) is 13.0. The summed E-state index contributed by atoms with van der Waals surface area (Å²) in [5, 5.41) is 4.15. The van der Waals surface area contributed by atoms with Crippen LogP contribution in [-0.2, 0) is 21.2 Å². The molecule has 0 unspecified atom stereocenters. The van der Waals surface area contributed by atoms with Crippen molar-refractivity contribution in [3.8, 4) is 5.69 Å². The average molecular weight is 622 g/mol. The van der Waals surface area contributed by atoms with Gasteiger partial charge in [-0.1, -0.05) is 52.3 Å². The number of nitrogens with zero attached hydrogens (tertiary/aromatic N) is 3. The van der Waals surface area contributed by atoms with Gasteiger partial charge in [-0.2, -0.15) is 9.41 Å². The van der Waals surface area contributed by atoms with E-state index >= 15 is 0 Å². The molecule has 1 N–H and O–H groups in total. The Labute approximate surface area is 244 Å². The molecule has 4 rings (SSSR count). The maximum absolute atomic E-state index is 13.4. The molecule has 0 aliphatic rings. The van der Waals surface area contributed by atoms with Crippen LogP contribution in [0.1, 0.15) is 33.6 Å². The van der Waals surface area contributed by atoms with Crippen LogP contribution in [-0.4, -0.2) is 42.5 Å². The number of sulfonamides is 1. The Morgan fingerprint density at radius 1 is 0.950 bits per heavy atom. The van der Waals surface area contributed by atoms with Crippen molar-refractivity contribution in [3.63, 3.8) is 0 Å². The van der Waals surface area contributed by atoms with Gasteiger partial charge in [0.25, 0.3) is 5.91 Å². The van der Waals surface area contributed by atoms with Gasteiger partial charge in [0.05, 0.1) is 17.7 Å². The number of aryl methyl sites for hydroxylation is 3. The van der Waals surface area contributed by atoms with Gasteiger partial charge < -0.3 is 4.57 Å². The van der Waals surface area contributed by atoms with Crippen molar-refractivity contribution in [1.29, 1.82) is 0 Å². The maximum atomic E-state index is 13.4. The van der Waals surface area contributed by atoms with Crippen LogP contribution in [0.25, 0.3) is 5.69 Å². The van der Waals surface area contributed by atoms with Crippen LogP contribution >= 0.6 is 15.9 Å². The van der Waals surface area contributed by atoms with Crippen LogP contribution in [0.4, 0.5) is 0 Å². The van der Waals surface area contributed by atoms with Crippen LogP contribution in [0.15, 0.2) is 93.3 Å². The van der Waals surface area contributed by atoms with Crippen LogP contribution in [0, 0.1) is 27.7 Å². The first-order valence-corrected chi connectivity index (χ1v) is 15.2. The quantitative estimate of drug-likeness (QED) is 0.178. The fourth-order valence-corrected chi connectivity index (χ4v) is 6.15. The van der Waals surface area contributed by atoms with Gasteiger partial charge in [-0.15, -0.1) is 0 Å². The summed E-state index contributed by atoms with van der Waals surface area (Å²) in [7, 11) is -3.91. The lowest BCUT2D eigenvalue weighted by atomic mass is 10.1. The Bertz CT molecular complexity index is 1630. The molecule has 3 aromatic carbocycles. The first-order valence-electron chi connectivity index (χ1n) is 12.9. The normalized spacial score (nSPS) is 11.8. The van der Waals surface area contributed by atoms with Crippen LogP contribution in [0.3, 0.4) is 0 Å². The SMILES string of the molecule is Cc1ccc(-n2c(C)cc(/C=N/NC(=O)CN(CCc3ccccc3)S(=O)(=O)c3ccc(Br)cc3)c2C)cc1C. The number of hydrogen-bond donors (Lipinski definition) is 1. The Morgan fingerprint density at radius 2 is 1.65 bits per heavy atom. The standard InChI is InChI=1S/C31H33BrN4O3S/c1-22-10-13-29(18-23(22)2)36-24(3)19-27(25(36)4)20-33-34-31(37)21-35(17-16-26-8-6-5-7-9-26)40(38,39)30-14-11-28(32)12-15-30/h5-15,18-20H,16-17,21H2,1-4H3,(H,34,37)/b33-20+. The molecule has 40 heavy (non-hydrogen) atoms. The molecule has 208 valence electrons. The molecule has 0 saturated carbocycles. The highest BCUT2D eigenvalue weighted by Crippen LogP contribution is 2.22. The Kier molecular flexibility index (Phi) is 9.40. The third kappa shape index (κ3) is 6.96. The fourth-order valence-electron chi connectivity index (χ4n) is 4.49. The predicted molar refractivity (Wildman–Crippen MR) is 164 cm³/mol. The molecule has 9 heteroatoms. The second kappa shape index (κ2) is 12.8. The van der Waals surface area contributed by atoms with Gasteiger partial charge in [0.1, 0.15) is 0 Å². The largest absolute Gasteiger partial charge is 0.318 e. The molecule has 1 heterocycles. The summed E-state index contributed by atoms with van der Waals surface area (Å²) in [6.45, 7) is 7.99. The number of benzene rings is 3. The minimum atomic E-state index is -3.91. The molecule has 1 amide bonds. The van der Waals surface area contributed by atoms with Crippen LogP contribution in [0.5, 0.6) is 0 Å². The van der Waals surface area contributed by atoms with E-state index < -0.39 is 15.9 Å². The molecule has 0 bridgehead atoms. The number of rotatable bonds is 10. The summed E-state index contributed by atoms with van der Waals surface area (Å²) in [6.07, 6.45) is 2.06. The summed E-state index contributed by atoms with van der Waals surface area (Å²) in [6, 6.07) is 24.3.